The van der Waals surface area contributed by atoms with Crippen LogP contribution in [0, 0.1) is 0 Å². The summed E-state index contributed by atoms with van der Waals surface area (Å²) < 4.78 is 17.2. The number of hydrogen-bond donors (Lipinski definition) is 2. The van der Waals surface area contributed by atoms with Crippen LogP contribution in [0.1, 0.15) is 24.5 Å². The van der Waals surface area contributed by atoms with E-state index < -0.39 is 0 Å². The van der Waals surface area contributed by atoms with Crippen LogP contribution < -0.4 is 24.8 Å². The van der Waals surface area contributed by atoms with Crippen LogP contribution in [0.5, 0.6) is 17.2 Å². The number of carbonyl (C=O) groups is 3. The lowest BCUT2D eigenvalue weighted by atomic mass is 10.1. The molecule has 0 aliphatic carbocycles. The van der Waals surface area contributed by atoms with Crippen molar-refractivity contribution in [2.24, 2.45) is 0 Å². The monoisotopic (exact) mass is 467 g/mol. The van der Waals surface area contributed by atoms with Crippen LogP contribution in [0.3, 0.4) is 0 Å². The van der Waals surface area contributed by atoms with Crippen molar-refractivity contribution in [1.29, 1.82) is 0 Å². The minimum absolute atomic E-state index is 0.0587. The van der Waals surface area contributed by atoms with Crippen LogP contribution in [-0.2, 0) is 27.3 Å². The molecular formula is C25H29N3O6. The Morgan fingerprint density at radius 2 is 1.79 bits per heavy atom. The van der Waals surface area contributed by atoms with E-state index in [0.717, 1.165) is 11.1 Å². The molecule has 3 aliphatic rings. The summed E-state index contributed by atoms with van der Waals surface area (Å²) in [5, 5.41) is 5.87. The molecule has 5 rings (SSSR count). The van der Waals surface area contributed by atoms with E-state index in [1.807, 2.05) is 30.3 Å². The molecule has 3 aliphatic heterocycles. The lowest BCUT2D eigenvalue weighted by Gasteiger charge is -2.21. The van der Waals surface area contributed by atoms with Crippen molar-refractivity contribution < 1.29 is 28.6 Å². The molecular weight excluding hydrogens is 438 g/mol. The highest BCUT2D eigenvalue weighted by Crippen LogP contribution is 2.28. The van der Waals surface area contributed by atoms with E-state index in [9.17, 15) is 14.4 Å². The summed E-state index contributed by atoms with van der Waals surface area (Å²) in [5.41, 5.74) is 1.78. The minimum Gasteiger partial charge on any atom is -0.493 e. The molecule has 0 spiro atoms. The van der Waals surface area contributed by atoms with Gasteiger partial charge < -0.3 is 29.7 Å². The smallest absolute Gasteiger partial charge is 0.258 e. The minimum atomic E-state index is -0.360. The average molecular weight is 468 g/mol. The summed E-state index contributed by atoms with van der Waals surface area (Å²) in [4.78, 5) is 38.7. The standard InChI is InChI=1S/C25H29N3O6/c1-16(29)28-13-20-23(14-28)34-19-7-3-18(4-8-19)12-26-25(31)15-33-22-11-17(5-9-21(22)32-2)6-10-24(30)27-20/h3-5,7-9,11,20,23H,6,10,12-15H2,1-2H3,(H,26,31)(H,27,30)/t20-,23-/m0/s1. The summed E-state index contributed by atoms with van der Waals surface area (Å²) in [6.45, 7) is 2.50. The van der Waals surface area contributed by atoms with Gasteiger partial charge >= 0.3 is 0 Å². The second-order valence-corrected chi connectivity index (χ2v) is 8.45. The number of carbonyl (C=O) groups excluding carboxylic acids is 3. The number of aryl methyl sites for hydroxylation is 1. The summed E-state index contributed by atoms with van der Waals surface area (Å²) in [7, 11) is 1.53. The molecule has 180 valence electrons. The zero-order valence-corrected chi connectivity index (χ0v) is 19.3. The summed E-state index contributed by atoms with van der Waals surface area (Å²) in [6, 6.07) is 12.5. The zero-order valence-electron chi connectivity index (χ0n) is 19.3. The Morgan fingerprint density at radius 3 is 2.53 bits per heavy atom. The van der Waals surface area contributed by atoms with E-state index >= 15 is 0 Å². The van der Waals surface area contributed by atoms with E-state index in [4.69, 9.17) is 14.2 Å². The predicted molar refractivity (Wildman–Crippen MR) is 124 cm³/mol. The molecule has 1 fully saturated rings. The second-order valence-electron chi connectivity index (χ2n) is 8.45. The number of nitrogens with one attached hydrogen (secondary N) is 2. The van der Waals surface area contributed by atoms with Crippen LogP contribution in [0.15, 0.2) is 42.5 Å². The molecule has 2 aromatic rings. The fourth-order valence-corrected chi connectivity index (χ4v) is 4.07. The average Bonchev–Trinajstić information content (AvgIpc) is 3.22. The normalized spacial score (nSPS) is 21.1. The summed E-state index contributed by atoms with van der Waals surface area (Å²) >= 11 is 0. The Balaban J connectivity index is 1.57. The van der Waals surface area contributed by atoms with Gasteiger partial charge in [0.1, 0.15) is 11.9 Å². The van der Waals surface area contributed by atoms with Gasteiger partial charge in [0.2, 0.25) is 11.8 Å². The molecule has 0 saturated carbocycles. The number of ether oxygens (including phenoxy) is 3. The van der Waals surface area contributed by atoms with Gasteiger partial charge in [0, 0.05) is 26.4 Å². The van der Waals surface area contributed by atoms with Gasteiger partial charge in [0.25, 0.3) is 5.91 Å². The Hall–Kier alpha value is -3.75. The SMILES string of the molecule is COc1ccc2cc1OCC(=O)NCc1ccc(cc1)O[C@H]1CN(C(C)=O)C[C@@H]1NC(=O)CC2. The van der Waals surface area contributed by atoms with Gasteiger partial charge in [-0.1, -0.05) is 18.2 Å². The highest BCUT2D eigenvalue weighted by atomic mass is 16.5. The van der Waals surface area contributed by atoms with Crippen LogP contribution in [0.4, 0.5) is 0 Å². The van der Waals surface area contributed by atoms with Crippen LogP contribution in [-0.4, -0.2) is 61.6 Å². The third-order valence-corrected chi connectivity index (χ3v) is 5.99. The first-order valence-electron chi connectivity index (χ1n) is 11.3. The maximum atomic E-state index is 12.7. The number of amides is 3. The fourth-order valence-electron chi connectivity index (χ4n) is 4.07. The van der Waals surface area contributed by atoms with E-state index in [1.165, 1.54) is 14.0 Å². The Bertz CT molecular complexity index is 1060. The Morgan fingerprint density at radius 1 is 1.03 bits per heavy atom. The van der Waals surface area contributed by atoms with Crippen molar-refractivity contribution in [3.05, 3.63) is 53.6 Å². The van der Waals surface area contributed by atoms with Gasteiger partial charge in [-0.2, -0.15) is 0 Å². The van der Waals surface area contributed by atoms with Gasteiger partial charge in [-0.15, -0.1) is 0 Å². The van der Waals surface area contributed by atoms with E-state index in [-0.39, 0.29) is 42.9 Å². The van der Waals surface area contributed by atoms with Gasteiger partial charge in [0.05, 0.1) is 19.7 Å². The number of likely N-dealkylation sites (tertiary alicyclic amines) is 1. The quantitative estimate of drug-likeness (QED) is 0.657. The van der Waals surface area contributed by atoms with Crippen molar-refractivity contribution in [3.63, 3.8) is 0 Å². The molecule has 3 amide bonds. The maximum Gasteiger partial charge on any atom is 0.258 e. The molecule has 9 nitrogen and oxygen atoms in total. The third kappa shape index (κ3) is 5.78. The summed E-state index contributed by atoms with van der Waals surface area (Å²) in [5.74, 6) is 1.14. The van der Waals surface area contributed by atoms with Crippen molar-refractivity contribution in [2.75, 3.05) is 26.8 Å². The highest BCUT2D eigenvalue weighted by Gasteiger charge is 2.36. The number of fused-ring (bicyclic) bond motifs is 9. The van der Waals surface area contributed by atoms with Crippen molar-refractivity contribution in [2.45, 2.75) is 38.5 Å². The molecule has 9 heteroatoms. The van der Waals surface area contributed by atoms with Crippen LogP contribution >= 0.6 is 0 Å². The lowest BCUT2D eigenvalue weighted by Crippen LogP contribution is -2.45. The van der Waals surface area contributed by atoms with E-state index in [0.29, 0.717) is 43.3 Å². The van der Waals surface area contributed by atoms with Gasteiger partial charge in [-0.05, 0) is 41.8 Å². The number of methoxy groups -OCH3 is 1. The van der Waals surface area contributed by atoms with Gasteiger partial charge in [-0.3, -0.25) is 14.4 Å². The number of nitrogens with zero attached hydrogens (tertiary/aromatic N) is 1. The highest BCUT2D eigenvalue weighted by molar-refractivity contribution is 5.78. The van der Waals surface area contributed by atoms with E-state index in [2.05, 4.69) is 10.6 Å². The van der Waals surface area contributed by atoms with Crippen LogP contribution in [0.25, 0.3) is 0 Å². The molecule has 0 unspecified atom stereocenters. The van der Waals surface area contributed by atoms with Gasteiger partial charge in [-0.25, -0.2) is 0 Å². The Labute approximate surface area is 198 Å². The maximum absolute atomic E-state index is 12.7. The van der Waals surface area contributed by atoms with Gasteiger partial charge in [0.15, 0.2) is 18.1 Å². The number of rotatable bonds is 1. The summed E-state index contributed by atoms with van der Waals surface area (Å²) in [6.07, 6.45) is 0.375. The predicted octanol–water partition coefficient (Wildman–Crippen LogP) is 1.43. The second kappa shape index (κ2) is 10.5. The molecule has 2 N–H and O–H groups in total. The first-order valence-corrected chi connectivity index (χ1v) is 11.3. The third-order valence-electron chi connectivity index (χ3n) is 5.99. The molecule has 1 saturated heterocycles. The van der Waals surface area contributed by atoms with Crippen molar-refractivity contribution in [3.8, 4) is 17.2 Å². The molecule has 34 heavy (non-hydrogen) atoms. The van der Waals surface area contributed by atoms with E-state index in [1.54, 1.807) is 17.0 Å². The van der Waals surface area contributed by atoms with Crippen LogP contribution in [0.2, 0.25) is 0 Å². The lowest BCUT2D eigenvalue weighted by molar-refractivity contribution is -0.128. The van der Waals surface area contributed by atoms with Crippen molar-refractivity contribution >= 4 is 17.7 Å². The largest absolute Gasteiger partial charge is 0.493 e. The fraction of sp³-hybridized carbons (Fsp3) is 0.400. The molecule has 0 radical (unpaired) electrons. The Kier molecular flexibility index (Phi) is 7.20. The molecule has 2 aromatic carbocycles. The van der Waals surface area contributed by atoms with Crippen molar-refractivity contribution in [1.82, 2.24) is 15.5 Å². The molecule has 3 heterocycles. The molecule has 2 atom stereocenters. The number of benzene rings is 2. The number of hydrogen-bond acceptors (Lipinski definition) is 6. The molecule has 0 aromatic heterocycles. The zero-order chi connectivity index (χ0) is 24.1. The first-order chi connectivity index (χ1) is 16.4. The topological polar surface area (TPSA) is 106 Å². The molecule has 4 bridgehead atoms. The first kappa shape index (κ1) is 23.4.